The molecule has 11 nitrogen and oxygen atoms in total. The molecule has 0 spiro atoms. The summed E-state index contributed by atoms with van der Waals surface area (Å²) < 4.78 is 5.74. The molecule has 0 bridgehead atoms. The average Bonchev–Trinajstić information content (AvgIpc) is 3.15. The van der Waals surface area contributed by atoms with E-state index in [2.05, 4.69) is 35.6 Å². The largest absolute Gasteiger partial charge is 0.493 e. The highest BCUT2D eigenvalue weighted by molar-refractivity contribution is 6.04. The van der Waals surface area contributed by atoms with E-state index in [0.29, 0.717) is 23.6 Å². The Hall–Kier alpha value is -3.76. The van der Waals surface area contributed by atoms with Crippen molar-refractivity contribution in [2.75, 3.05) is 6.61 Å². The van der Waals surface area contributed by atoms with Crippen molar-refractivity contribution in [3.8, 4) is 17.1 Å². The van der Waals surface area contributed by atoms with Crippen molar-refractivity contribution in [1.82, 2.24) is 25.4 Å². The number of nitrogens with one attached hydrogen (secondary N) is 2. The number of carbonyl (C=O) groups excluding carboxylic acids is 2. The van der Waals surface area contributed by atoms with Crippen LogP contribution in [0.1, 0.15) is 27.2 Å². The van der Waals surface area contributed by atoms with E-state index in [1.807, 2.05) is 6.92 Å². The highest BCUT2D eigenvalue weighted by Gasteiger charge is 2.19. The molecular formula is C18H19N7O4. The van der Waals surface area contributed by atoms with Gasteiger partial charge in [-0.2, -0.15) is 15.4 Å². The summed E-state index contributed by atoms with van der Waals surface area (Å²) in [7, 11) is 0. The highest BCUT2D eigenvalue weighted by Crippen LogP contribution is 2.32. The van der Waals surface area contributed by atoms with Gasteiger partial charge in [0.25, 0.3) is 5.56 Å². The molecule has 0 saturated heterocycles. The van der Waals surface area contributed by atoms with Crippen molar-refractivity contribution in [3.63, 3.8) is 0 Å². The Morgan fingerprint density at radius 3 is 2.66 bits per heavy atom. The molecule has 0 saturated carbocycles. The van der Waals surface area contributed by atoms with E-state index in [-0.39, 0.29) is 17.0 Å². The first kappa shape index (κ1) is 20.0. The highest BCUT2D eigenvalue weighted by atomic mass is 16.5. The van der Waals surface area contributed by atoms with Crippen LogP contribution >= 0.6 is 0 Å². The average molecular weight is 397 g/mol. The molecule has 0 aliphatic heterocycles. The summed E-state index contributed by atoms with van der Waals surface area (Å²) in [6.07, 6.45) is 0.784. The SMILES string of the molecule is CCCOc1ccc(N=NC(C(C)=O)C(C)=O)cc1-c1nc2n[nH]nc2c(=O)[nH]1. The Morgan fingerprint density at radius 1 is 1.21 bits per heavy atom. The summed E-state index contributed by atoms with van der Waals surface area (Å²) in [5.74, 6) is -0.0978. The maximum atomic E-state index is 12.2. The standard InChI is InChI=1S/C18H19N7O4/c1-4-7-29-13-6-5-11(21-22-14(9(2)26)10(3)27)8-12(13)16-19-17-15(18(28)20-16)23-25-24-17/h5-6,8,14H,4,7H2,1-3H3,(H2,19,20,23,24,25,28). The Bertz CT molecular complexity index is 1130. The van der Waals surface area contributed by atoms with E-state index in [4.69, 9.17) is 4.74 Å². The lowest BCUT2D eigenvalue weighted by Crippen LogP contribution is -2.23. The molecule has 0 amide bonds. The number of aromatic amines is 2. The van der Waals surface area contributed by atoms with E-state index in [9.17, 15) is 14.4 Å². The molecule has 0 unspecified atom stereocenters. The molecule has 150 valence electrons. The first-order valence-electron chi connectivity index (χ1n) is 8.90. The van der Waals surface area contributed by atoms with Crippen LogP contribution in [0.25, 0.3) is 22.6 Å². The van der Waals surface area contributed by atoms with Crippen LogP contribution in [0.2, 0.25) is 0 Å². The van der Waals surface area contributed by atoms with Gasteiger partial charge in [0, 0.05) is 0 Å². The number of Topliss-reactive ketones (excluding diaryl/α,β-unsaturated/α-hetero) is 2. The molecule has 11 heteroatoms. The minimum absolute atomic E-state index is 0.0892. The van der Waals surface area contributed by atoms with Gasteiger partial charge in [0.15, 0.2) is 23.1 Å². The monoisotopic (exact) mass is 397 g/mol. The predicted molar refractivity (Wildman–Crippen MR) is 103 cm³/mol. The third-order valence-corrected chi connectivity index (χ3v) is 3.93. The molecule has 3 aromatic rings. The quantitative estimate of drug-likeness (QED) is 0.435. The van der Waals surface area contributed by atoms with E-state index in [1.165, 1.54) is 13.8 Å². The number of carbonyl (C=O) groups is 2. The third kappa shape index (κ3) is 4.39. The lowest BCUT2D eigenvalue weighted by atomic mass is 10.1. The lowest BCUT2D eigenvalue weighted by Gasteiger charge is -2.11. The van der Waals surface area contributed by atoms with E-state index in [0.717, 1.165) is 6.42 Å². The Balaban J connectivity index is 2.07. The number of ether oxygens (including phenoxy) is 1. The van der Waals surface area contributed by atoms with Gasteiger partial charge in [0.2, 0.25) is 5.65 Å². The van der Waals surface area contributed by atoms with Crippen molar-refractivity contribution in [3.05, 3.63) is 28.6 Å². The summed E-state index contributed by atoms with van der Waals surface area (Å²) in [6.45, 7) is 4.98. The van der Waals surface area contributed by atoms with Gasteiger partial charge in [-0.3, -0.25) is 14.4 Å². The third-order valence-electron chi connectivity index (χ3n) is 3.93. The first-order chi connectivity index (χ1) is 13.9. The number of hydrogen-bond donors (Lipinski definition) is 2. The zero-order chi connectivity index (χ0) is 21.0. The van der Waals surface area contributed by atoms with Crippen LogP contribution < -0.4 is 10.3 Å². The Kier molecular flexibility index (Phi) is 5.86. The summed E-state index contributed by atoms with van der Waals surface area (Å²) in [5.41, 5.74) is 0.607. The molecule has 0 fully saturated rings. The fourth-order valence-corrected chi connectivity index (χ4v) is 2.56. The second-order valence-corrected chi connectivity index (χ2v) is 6.28. The second kappa shape index (κ2) is 8.50. The summed E-state index contributed by atoms with van der Waals surface area (Å²) >= 11 is 0. The molecule has 2 aromatic heterocycles. The fourth-order valence-electron chi connectivity index (χ4n) is 2.56. The number of rotatable bonds is 8. The number of benzene rings is 1. The predicted octanol–water partition coefficient (Wildman–Crippen LogP) is 2.13. The van der Waals surface area contributed by atoms with Crippen LogP contribution in [0.15, 0.2) is 33.2 Å². The van der Waals surface area contributed by atoms with Crippen molar-refractivity contribution in [1.29, 1.82) is 0 Å². The van der Waals surface area contributed by atoms with Gasteiger partial charge in [-0.05, 0) is 38.5 Å². The molecule has 2 N–H and O–H groups in total. The van der Waals surface area contributed by atoms with Crippen molar-refractivity contribution in [2.45, 2.75) is 33.2 Å². The molecular weight excluding hydrogens is 378 g/mol. The molecule has 0 atom stereocenters. The minimum atomic E-state index is -1.15. The molecule has 0 aliphatic rings. The number of hydrogen-bond acceptors (Lipinski definition) is 9. The van der Waals surface area contributed by atoms with Gasteiger partial charge in [0.1, 0.15) is 11.6 Å². The number of fused-ring (bicyclic) bond motifs is 1. The van der Waals surface area contributed by atoms with Crippen LogP contribution in [0.3, 0.4) is 0 Å². The number of nitrogens with zero attached hydrogens (tertiary/aromatic N) is 5. The van der Waals surface area contributed by atoms with E-state index < -0.39 is 23.2 Å². The number of aromatic nitrogens is 5. The minimum Gasteiger partial charge on any atom is -0.493 e. The van der Waals surface area contributed by atoms with E-state index >= 15 is 0 Å². The van der Waals surface area contributed by atoms with Crippen LogP contribution in [-0.4, -0.2) is 49.6 Å². The fraction of sp³-hybridized carbons (Fsp3) is 0.333. The van der Waals surface area contributed by atoms with Gasteiger partial charge >= 0.3 is 0 Å². The maximum Gasteiger partial charge on any atom is 0.281 e. The number of ketones is 2. The van der Waals surface area contributed by atoms with Crippen LogP contribution in [0, 0.1) is 0 Å². The van der Waals surface area contributed by atoms with Gasteiger partial charge in [-0.1, -0.05) is 6.92 Å². The normalized spacial score (nSPS) is 11.4. The number of azo groups is 1. The van der Waals surface area contributed by atoms with Gasteiger partial charge in [0.05, 0.1) is 17.9 Å². The van der Waals surface area contributed by atoms with E-state index in [1.54, 1.807) is 18.2 Å². The summed E-state index contributed by atoms with van der Waals surface area (Å²) in [6, 6.07) is 3.72. The van der Waals surface area contributed by atoms with Crippen LogP contribution in [0.4, 0.5) is 5.69 Å². The van der Waals surface area contributed by atoms with Crippen molar-refractivity contribution >= 4 is 28.4 Å². The zero-order valence-electron chi connectivity index (χ0n) is 16.1. The summed E-state index contributed by atoms with van der Waals surface area (Å²) in [5, 5.41) is 17.8. The smallest absolute Gasteiger partial charge is 0.281 e. The lowest BCUT2D eigenvalue weighted by molar-refractivity contribution is -0.126. The molecule has 29 heavy (non-hydrogen) atoms. The second-order valence-electron chi connectivity index (χ2n) is 6.28. The molecule has 2 heterocycles. The Morgan fingerprint density at radius 2 is 1.97 bits per heavy atom. The Labute approximate surface area is 164 Å². The topological polar surface area (TPSA) is 155 Å². The van der Waals surface area contributed by atoms with Crippen molar-refractivity contribution < 1.29 is 14.3 Å². The van der Waals surface area contributed by atoms with Crippen molar-refractivity contribution in [2.24, 2.45) is 10.2 Å². The van der Waals surface area contributed by atoms with Gasteiger partial charge in [-0.15, -0.1) is 10.2 Å². The molecule has 3 rings (SSSR count). The van der Waals surface area contributed by atoms with Crippen LogP contribution in [-0.2, 0) is 9.59 Å². The maximum absolute atomic E-state index is 12.2. The molecule has 1 aromatic carbocycles. The first-order valence-corrected chi connectivity index (χ1v) is 8.90. The van der Waals surface area contributed by atoms with Crippen LogP contribution in [0.5, 0.6) is 5.75 Å². The van der Waals surface area contributed by atoms with Gasteiger partial charge < -0.3 is 9.72 Å². The summed E-state index contributed by atoms with van der Waals surface area (Å²) in [4.78, 5) is 42.3. The number of H-pyrrole nitrogens is 2. The molecule has 0 aliphatic carbocycles. The zero-order valence-corrected chi connectivity index (χ0v) is 16.1. The van der Waals surface area contributed by atoms with Gasteiger partial charge in [-0.25, -0.2) is 4.98 Å². The molecule has 0 radical (unpaired) electrons.